The van der Waals surface area contributed by atoms with Crippen LogP contribution in [0.15, 0.2) is 6.07 Å². The van der Waals surface area contributed by atoms with Crippen molar-refractivity contribution < 1.29 is 4.74 Å². The van der Waals surface area contributed by atoms with Crippen LogP contribution in [0.1, 0.15) is 24.1 Å². The van der Waals surface area contributed by atoms with Crippen molar-refractivity contribution in [2.45, 2.75) is 26.9 Å². The van der Waals surface area contributed by atoms with Crippen molar-refractivity contribution in [3.05, 3.63) is 23.3 Å². The molecule has 3 heteroatoms. The van der Waals surface area contributed by atoms with E-state index in [1.165, 1.54) is 0 Å². The molecule has 0 aliphatic heterocycles. The average Bonchev–Trinajstić information content (AvgIpc) is 2.04. The minimum Gasteiger partial charge on any atom is -0.378 e. The van der Waals surface area contributed by atoms with Crippen molar-refractivity contribution in [3.8, 4) is 0 Å². The van der Waals surface area contributed by atoms with Gasteiger partial charge in [-0.1, -0.05) is 6.92 Å². The van der Waals surface area contributed by atoms with Crippen LogP contribution in [-0.2, 0) is 17.8 Å². The number of methoxy groups -OCH3 is 1. The van der Waals surface area contributed by atoms with E-state index in [9.17, 15) is 0 Å². The molecule has 0 fully saturated rings. The standard InChI is InChI=1S/C9H14N2O/c1-4-8-5-9(6-12-3)11-7(2)10-8/h5H,4,6H2,1-3H3. The molecule has 1 rings (SSSR count). The first-order chi connectivity index (χ1) is 5.76. The van der Waals surface area contributed by atoms with Crippen molar-refractivity contribution >= 4 is 0 Å². The molecule has 0 saturated heterocycles. The third kappa shape index (κ3) is 2.27. The molecule has 0 aliphatic carbocycles. The van der Waals surface area contributed by atoms with Crippen LogP contribution in [0, 0.1) is 6.92 Å². The summed E-state index contributed by atoms with van der Waals surface area (Å²) < 4.78 is 4.99. The molecular formula is C9H14N2O. The van der Waals surface area contributed by atoms with Gasteiger partial charge in [-0.15, -0.1) is 0 Å². The second kappa shape index (κ2) is 4.16. The maximum Gasteiger partial charge on any atom is 0.125 e. The van der Waals surface area contributed by atoms with E-state index >= 15 is 0 Å². The Morgan fingerprint density at radius 3 is 2.58 bits per heavy atom. The molecule has 0 radical (unpaired) electrons. The predicted molar refractivity (Wildman–Crippen MR) is 46.9 cm³/mol. The van der Waals surface area contributed by atoms with E-state index in [1.54, 1.807) is 7.11 Å². The van der Waals surface area contributed by atoms with Crippen molar-refractivity contribution in [2.24, 2.45) is 0 Å². The molecule has 0 N–H and O–H groups in total. The van der Waals surface area contributed by atoms with E-state index < -0.39 is 0 Å². The van der Waals surface area contributed by atoms with Gasteiger partial charge in [-0.3, -0.25) is 0 Å². The third-order valence-corrected chi connectivity index (χ3v) is 1.60. The van der Waals surface area contributed by atoms with Crippen LogP contribution in [0.3, 0.4) is 0 Å². The van der Waals surface area contributed by atoms with Crippen molar-refractivity contribution in [2.75, 3.05) is 7.11 Å². The van der Waals surface area contributed by atoms with Crippen molar-refractivity contribution in [3.63, 3.8) is 0 Å². The zero-order valence-corrected chi connectivity index (χ0v) is 7.79. The summed E-state index contributed by atoms with van der Waals surface area (Å²) in [5, 5.41) is 0. The van der Waals surface area contributed by atoms with Crippen LogP contribution < -0.4 is 0 Å². The third-order valence-electron chi connectivity index (χ3n) is 1.60. The van der Waals surface area contributed by atoms with Crippen molar-refractivity contribution in [1.82, 2.24) is 9.97 Å². The van der Waals surface area contributed by atoms with Crippen LogP contribution >= 0.6 is 0 Å². The molecule has 0 aromatic carbocycles. The fraction of sp³-hybridized carbons (Fsp3) is 0.556. The molecule has 0 amide bonds. The van der Waals surface area contributed by atoms with Crippen LogP contribution in [0.25, 0.3) is 0 Å². The highest BCUT2D eigenvalue weighted by Gasteiger charge is 1.98. The summed E-state index contributed by atoms with van der Waals surface area (Å²) in [5.74, 6) is 0.821. The minimum atomic E-state index is 0.566. The van der Waals surface area contributed by atoms with Gasteiger partial charge < -0.3 is 4.74 Å². The van der Waals surface area contributed by atoms with Gasteiger partial charge in [0.2, 0.25) is 0 Å². The normalized spacial score (nSPS) is 10.2. The lowest BCUT2D eigenvalue weighted by molar-refractivity contribution is 0.181. The fourth-order valence-electron chi connectivity index (χ4n) is 1.10. The van der Waals surface area contributed by atoms with E-state index in [-0.39, 0.29) is 0 Å². The zero-order valence-electron chi connectivity index (χ0n) is 7.79. The summed E-state index contributed by atoms with van der Waals surface area (Å²) in [6, 6.07) is 1.98. The minimum absolute atomic E-state index is 0.566. The van der Waals surface area contributed by atoms with Crippen LogP contribution in [0.5, 0.6) is 0 Å². The second-order valence-corrected chi connectivity index (χ2v) is 2.68. The van der Waals surface area contributed by atoms with Crippen LogP contribution in [-0.4, -0.2) is 17.1 Å². The highest BCUT2D eigenvalue weighted by molar-refractivity contribution is 5.10. The molecule has 1 aromatic rings. The van der Waals surface area contributed by atoms with E-state index in [4.69, 9.17) is 4.74 Å². The Balaban J connectivity index is 2.90. The number of ether oxygens (including phenoxy) is 1. The highest BCUT2D eigenvalue weighted by Crippen LogP contribution is 2.02. The highest BCUT2D eigenvalue weighted by atomic mass is 16.5. The van der Waals surface area contributed by atoms with Gasteiger partial charge in [0.1, 0.15) is 5.82 Å². The summed E-state index contributed by atoms with van der Waals surface area (Å²) >= 11 is 0. The van der Waals surface area contributed by atoms with Crippen molar-refractivity contribution in [1.29, 1.82) is 0 Å². The number of aromatic nitrogens is 2. The predicted octanol–water partition coefficient (Wildman–Crippen LogP) is 1.49. The Labute approximate surface area is 72.8 Å². The van der Waals surface area contributed by atoms with Gasteiger partial charge in [0.15, 0.2) is 0 Å². The molecule has 0 aliphatic rings. The monoisotopic (exact) mass is 166 g/mol. The summed E-state index contributed by atoms with van der Waals surface area (Å²) in [6.07, 6.45) is 0.945. The van der Waals surface area contributed by atoms with Gasteiger partial charge in [0.25, 0.3) is 0 Å². The molecule has 12 heavy (non-hydrogen) atoms. The largest absolute Gasteiger partial charge is 0.378 e. The summed E-state index contributed by atoms with van der Waals surface area (Å²) in [6.45, 7) is 4.55. The summed E-state index contributed by atoms with van der Waals surface area (Å²) in [7, 11) is 1.67. The first-order valence-corrected chi connectivity index (χ1v) is 4.08. The lowest BCUT2D eigenvalue weighted by Crippen LogP contribution is -2.00. The first kappa shape index (κ1) is 9.13. The molecule has 0 saturated carbocycles. The number of aryl methyl sites for hydroxylation is 2. The van der Waals surface area contributed by atoms with Crippen LogP contribution in [0.4, 0.5) is 0 Å². The van der Waals surface area contributed by atoms with Gasteiger partial charge >= 0.3 is 0 Å². The Kier molecular flexibility index (Phi) is 3.17. The van der Waals surface area contributed by atoms with E-state index in [2.05, 4.69) is 16.9 Å². The molecule has 0 bridgehead atoms. The molecule has 3 nitrogen and oxygen atoms in total. The van der Waals surface area contributed by atoms with Gasteiger partial charge in [-0.25, -0.2) is 9.97 Å². The van der Waals surface area contributed by atoms with Gasteiger partial charge in [0.05, 0.1) is 12.3 Å². The molecule has 66 valence electrons. The fourth-order valence-corrected chi connectivity index (χ4v) is 1.10. The summed E-state index contributed by atoms with van der Waals surface area (Å²) in [5.41, 5.74) is 2.04. The zero-order chi connectivity index (χ0) is 8.97. The Hall–Kier alpha value is -0.960. The van der Waals surface area contributed by atoms with E-state index in [0.29, 0.717) is 6.61 Å². The SMILES string of the molecule is CCc1cc(COC)nc(C)n1. The number of hydrogen-bond acceptors (Lipinski definition) is 3. The lowest BCUT2D eigenvalue weighted by atomic mass is 10.3. The van der Waals surface area contributed by atoms with Gasteiger partial charge in [0, 0.05) is 12.8 Å². The summed E-state index contributed by atoms with van der Waals surface area (Å²) in [4.78, 5) is 8.50. The van der Waals surface area contributed by atoms with E-state index in [1.807, 2.05) is 13.0 Å². The quantitative estimate of drug-likeness (QED) is 0.682. The number of nitrogens with zero attached hydrogens (tertiary/aromatic N) is 2. The van der Waals surface area contributed by atoms with Gasteiger partial charge in [-0.05, 0) is 19.4 Å². The van der Waals surface area contributed by atoms with Crippen LogP contribution in [0.2, 0.25) is 0 Å². The maximum absolute atomic E-state index is 4.99. The average molecular weight is 166 g/mol. The lowest BCUT2D eigenvalue weighted by Gasteiger charge is -2.02. The molecule has 1 heterocycles. The molecule has 0 unspecified atom stereocenters. The number of rotatable bonds is 3. The number of hydrogen-bond donors (Lipinski definition) is 0. The molecular weight excluding hydrogens is 152 g/mol. The topological polar surface area (TPSA) is 35.0 Å². The maximum atomic E-state index is 4.99. The van der Waals surface area contributed by atoms with Gasteiger partial charge in [-0.2, -0.15) is 0 Å². The first-order valence-electron chi connectivity index (χ1n) is 4.08. The molecule has 1 aromatic heterocycles. The Bertz CT molecular complexity index is 261. The van der Waals surface area contributed by atoms with E-state index in [0.717, 1.165) is 23.6 Å². The Morgan fingerprint density at radius 1 is 1.33 bits per heavy atom. The molecule has 0 atom stereocenters. The Morgan fingerprint density at radius 2 is 2.00 bits per heavy atom. The smallest absolute Gasteiger partial charge is 0.125 e. The molecule has 0 spiro atoms. The second-order valence-electron chi connectivity index (χ2n) is 2.68.